The third-order valence-electron chi connectivity index (χ3n) is 5.04. The second kappa shape index (κ2) is 10.0. The van der Waals surface area contributed by atoms with Crippen LogP contribution in [0.4, 0.5) is 0 Å². The summed E-state index contributed by atoms with van der Waals surface area (Å²) in [6.07, 6.45) is 5.07. The molecule has 0 aromatic heterocycles. The number of benzene rings is 2. The van der Waals surface area contributed by atoms with Gasteiger partial charge in [-0.1, -0.05) is 99.2 Å². The highest BCUT2D eigenvalue weighted by atomic mass is 28.4. The molecule has 0 fully saturated rings. The molecule has 0 amide bonds. The molecular formula is C25H34O2Si. The van der Waals surface area contributed by atoms with E-state index in [9.17, 15) is 5.11 Å². The number of hydrogen-bond donors (Lipinski definition) is 1. The van der Waals surface area contributed by atoms with Gasteiger partial charge in [-0.05, 0) is 41.3 Å². The number of rotatable bonds is 8. The Morgan fingerprint density at radius 1 is 0.929 bits per heavy atom. The normalized spacial score (nSPS) is 13.6. The molecular weight excluding hydrogens is 360 g/mol. The zero-order valence-electron chi connectivity index (χ0n) is 17.9. The summed E-state index contributed by atoms with van der Waals surface area (Å²) < 4.78 is 6.87. The van der Waals surface area contributed by atoms with Crippen molar-refractivity contribution in [1.82, 2.24) is 0 Å². The fourth-order valence-corrected chi connectivity index (χ4v) is 8.33. The van der Waals surface area contributed by atoms with Crippen LogP contribution >= 0.6 is 0 Å². The second-order valence-corrected chi connectivity index (χ2v) is 12.7. The van der Waals surface area contributed by atoms with Gasteiger partial charge in [-0.2, -0.15) is 0 Å². The van der Waals surface area contributed by atoms with E-state index in [1.807, 2.05) is 13.0 Å². The lowest BCUT2D eigenvalue weighted by atomic mass is 10.2. The van der Waals surface area contributed by atoms with E-state index >= 15 is 0 Å². The van der Waals surface area contributed by atoms with Crippen LogP contribution in [-0.4, -0.2) is 26.6 Å². The van der Waals surface area contributed by atoms with E-state index in [-0.39, 0.29) is 11.6 Å². The molecule has 0 saturated heterocycles. The summed E-state index contributed by atoms with van der Waals surface area (Å²) in [6.45, 7) is 11.7. The smallest absolute Gasteiger partial charge is 0.261 e. The molecule has 0 aliphatic heterocycles. The van der Waals surface area contributed by atoms with Gasteiger partial charge in [0.25, 0.3) is 8.32 Å². The lowest BCUT2D eigenvalue weighted by Crippen LogP contribution is -2.66. The van der Waals surface area contributed by atoms with Gasteiger partial charge in [-0.15, -0.1) is 0 Å². The number of hydrogen-bond acceptors (Lipinski definition) is 2. The number of aliphatic hydroxyl groups excluding tert-OH is 1. The summed E-state index contributed by atoms with van der Waals surface area (Å²) >= 11 is 0. The molecule has 0 unspecified atom stereocenters. The van der Waals surface area contributed by atoms with Crippen molar-refractivity contribution in [2.75, 3.05) is 13.2 Å². The third-order valence-corrected chi connectivity index (χ3v) is 10.1. The van der Waals surface area contributed by atoms with Gasteiger partial charge in [-0.25, -0.2) is 0 Å². The van der Waals surface area contributed by atoms with Crippen LogP contribution in [0.3, 0.4) is 0 Å². The van der Waals surface area contributed by atoms with Crippen LogP contribution in [0.25, 0.3) is 0 Å². The minimum atomic E-state index is -2.44. The van der Waals surface area contributed by atoms with Crippen LogP contribution in [-0.2, 0) is 4.43 Å². The summed E-state index contributed by atoms with van der Waals surface area (Å²) in [5.74, 6) is 0. The predicted molar refractivity (Wildman–Crippen MR) is 123 cm³/mol. The average molecular weight is 395 g/mol. The molecule has 2 aromatic rings. The Labute approximate surface area is 171 Å². The molecule has 28 heavy (non-hydrogen) atoms. The maximum Gasteiger partial charge on any atom is 0.261 e. The summed E-state index contributed by atoms with van der Waals surface area (Å²) in [6, 6.07) is 21.5. The Hall–Kier alpha value is -1.94. The third kappa shape index (κ3) is 5.31. The number of allylic oxidation sites excluding steroid dienone is 2. The first-order valence-electron chi connectivity index (χ1n) is 10.0. The summed E-state index contributed by atoms with van der Waals surface area (Å²) in [7, 11) is -2.44. The quantitative estimate of drug-likeness (QED) is 0.394. The SMILES string of the molecule is CC(=C/CCO[Si](c1ccccc1)(c1ccccc1)C(C)(C)C)/C=C(\C)CO. The van der Waals surface area contributed by atoms with E-state index in [0.717, 1.165) is 17.6 Å². The van der Waals surface area contributed by atoms with Gasteiger partial charge in [0, 0.05) is 6.61 Å². The minimum Gasteiger partial charge on any atom is -0.407 e. The first-order chi connectivity index (χ1) is 13.3. The van der Waals surface area contributed by atoms with Crippen LogP contribution in [0.2, 0.25) is 5.04 Å². The molecule has 0 bridgehead atoms. The molecule has 0 saturated carbocycles. The van der Waals surface area contributed by atoms with E-state index in [0.29, 0.717) is 6.61 Å². The van der Waals surface area contributed by atoms with E-state index in [1.165, 1.54) is 10.4 Å². The van der Waals surface area contributed by atoms with Crippen molar-refractivity contribution in [3.8, 4) is 0 Å². The Morgan fingerprint density at radius 2 is 1.43 bits per heavy atom. The van der Waals surface area contributed by atoms with Gasteiger partial charge >= 0.3 is 0 Å². The van der Waals surface area contributed by atoms with Crippen LogP contribution in [0.15, 0.2) is 84.0 Å². The van der Waals surface area contributed by atoms with Crippen molar-refractivity contribution in [3.05, 3.63) is 84.0 Å². The highest BCUT2D eigenvalue weighted by Crippen LogP contribution is 2.36. The van der Waals surface area contributed by atoms with Crippen molar-refractivity contribution < 1.29 is 9.53 Å². The fraction of sp³-hybridized carbons (Fsp3) is 0.360. The molecule has 0 heterocycles. The molecule has 0 spiro atoms. The van der Waals surface area contributed by atoms with Gasteiger partial charge < -0.3 is 9.53 Å². The standard InChI is InChI=1S/C25H34O2Si/c1-21(19-22(2)20-26)13-12-18-27-28(25(3,4)5,23-14-8-6-9-15-23)24-16-10-7-11-17-24/h6-11,13-17,19,26H,12,18,20H2,1-5H3/b21-13-,22-19+. The molecule has 0 aliphatic carbocycles. The van der Waals surface area contributed by atoms with Crippen molar-refractivity contribution in [3.63, 3.8) is 0 Å². The molecule has 0 aliphatic rings. The monoisotopic (exact) mass is 394 g/mol. The topological polar surface area (TPSA) is 29.5 Å². The van der Waals surface area contributed by atoms with Gasteiger partial charge in [0.1, 0.15) is 0 Å². The van der Waals surface area contributed by atoms with Crippen molar-refractivity contribution in [2.45, 2.75) is 46.1 Å². The maximum absolute atomic E-state index is 9.19. The van der Waals surface area contributed by atoms with Crippen LogP contribution in [0.5, 0.6) is 0 Å². The second-order valence-electron chi connectivity index (χ2n) is 8.40. The lowest BCUT2D eigenvalue weighted by molar-refractivity contribution is 0.304. The molecule has 2 nitrogen and oxygen atoms in total. The highest BCUT2D eigenvalue weighted by Gasteiger charge is 2.49. The summed E-state index contributed by atoms with van der Waals surface area (Å²) in [4.78, 5) is 0. The van der Waals surface area contributed by atoms with Crippen LogP contribution in [0, 0.1) is 0 Å². The molecule has 3 heteroatoms. The Bertz CT molecular complexity index is 747. The van der Waals surface area contributed by atoms with E-state index in [2.05, 4.69) is 94.4 Å². The van der Waals surface area contributed by atoms with Gasteiger partial charge in [0.15, 0.2) is 0 Å². The lowest BCUT2D eigenvalue weighted by Gasteiger charge is -2.43. The van der Waals surface area contributed by atoms with Crippen LogP contribution in [0.1, 0.15) is 41.0 Å². The molecule has 2 rings (SSSR count). The fourth-order valence-electron chi connectivity index (χ4n) is 3.75. The van der Waals surface area contributed by atoms with Crippen molar-refractivity contribution >= 4 is 18.7 Å². The summed E-state index contributed by atoms with van der Waals surface area (Å²) in [5, 5.41) is 11.8. The summed E-state index contributed by atoms with van der Waals surface area (Å²) in [5.41, 5.74) is 2.14. The van der Waals surface area contributed by atoms with Gasteiger partial charge in [0.2, 0.25) is 0 Å². The molecule has 2 aromatic carbocycles. The Balaban J connectivity index is 2.36. The van der Waals surface area contributed by atoms with E-state index in [4.69, 9.17) is 4.43 Å². The zero-order valence-corrected chi connectivity index (χ0v) is 18.9. The highest BCUT2D eigenvalue weighted by molar-refractivity contribution is 6.99. The predicted octanol–water partition coefficient (Wildman–Crippen LogP) is 4.84. The van der Waals surface area contributed by atoms with Crippen molar-refractivity contribution in [2.24, 2.45) is 0 Å². The van der Waals surface area contributed by atoms with E-state index < -0.39 is 8.32 Å². The minimum absolute atomic E-state index is 0.00183. The largest absolute Gasteiger partial charge is 0.407 e. The molecule has 0 radical (unpaired) electrons. The first-order valence-corrected chi connectivity index (χ1v) is 11.9. The Kier molecular flexibility index (Phi) is 7.99. The molecule has 0 atom stereocenters. The zero-order chi connectivity index (χ0) is 20.6. The molecule has 1 N–H and O–H groups in total. The average Bonchev–Trinajstić information content (AvgIpc) is 2.68. The van der Waals surface area contributed by atoms with Crippen LogP contribution < -0.4 is 10.4 Å². The van der Waals surface area contributed by atoms with Gasteiger partial charge in [0.05, 0.1) is 6.61 Å². The molecule has 150 valence electrons. The van der Waals surface area contributed by atoms with Crippen molar-refractivity contribution in [1.29, 1.82) is 0 Å². The Morgan fingerprint density at radius 3 is 1.86 bits per heavy atom. The number of aliphatic hydroxyl groups is 1. The first kappa shape index (κ1) is 22.3. The maximum atomic E-state index is 9.19. The van der Waals surface area contributed by atoms with Gasteiger partial charge in [-0.3, -0.25) is 0 Å². The van der Waals surface area contributed by atoms with E-state index in [1.54, 1.807) is 0 Å².